The molecule has 2 bridgehead atoms. The summed E-state index contributed by atoms with van der Waals surface area (Å²) in [6.45, 7) is 12.1. The monoisotopic (exact) mass is 559 g/mol. The van der Waals surface area contributed by atoms with Crippen LogP contribution in [0.25, 0.3) is 0 Å². The maximum Gasteiger partial charge on any atom is 0.233 e. The minimum absolute atomic E-state index is 0. The number of hydrogen-bond acceptors (Lipinski definition) is 5. The number of guanidine groups is 1. The highest BCUT2D eigenvalue weighted by atomic mass is 127. The summed E-state index contributed by atoms with van der Waals surface area (Å²) in [5.41, 5.74) is -0.0610. The summed E-state index contributed by atoms with van der Waals surface area (Å²) in [4.78, 5) is 33.8. The molecule has 2 saturated heterocycles. The number of ether oxygens (including phenoxy) is 1. The lowest BCUT2D eigenvalue weighted by Gasteiger charge is -2.45. The first kappa shape index (κ1) is 25.4. The number of likely N-dealkylation sites (tertiary alicyclic amines) is 1. The van der Waals surface area contributed by atoms with Gasteiger partial charge in [0.2, 0.25) is 11.8 Å². The average molecular weight is 559 g/mol. The van der Waals surface area contributed by atoms with Crippen molar-refractivity contribution in [1.29, 1.82) is 0 Å². The van der Waals surface area contributed by atoms with Crippen molar-refractivity contribution in [1.82, 2.24) is 20.4 Å². The van der Waals surface area contributed by atoms with Crippen LogP contribution in [0.15, 0.2) is 17.1 Å². The van der Waals surface area contributed by atoms with E-state index >= 15 is 0 Å². The number of morpholine rings is 1. The van der Waals surface area contributed by atoms with Crippen molar-refractivity contribution in [2.75, 3.05) is 39.8 Å². The van der Waals surface area contributed by atoms with E-state index in [0.29, 0.717) is 19.0 Å². The van der Waals surface area contributed by atoms with Crippen LogP contribution in [0.1, 0.15) is 34.1 Å². The van der Waals surface area contributed by atoms with Crippen molar-refractivity contribution in [3.8, 4) is 0 Å². The Labute approximate surface area is 208 Å². The fourth-order valence-corrected chi connectivity index (χ4v) is 5.78. The van der Waals surface area contributed by atoms with E-state index in [9.17, 15) is 9.59 Å². The number of amides is 2. The van der Waals surface area contributed by atoms with Crippen molar-refractivity contribution < 1.29 is 14.3 Å². The Hall–Kier alpha value is -1.20. The van der Waals surface area contributed by atoms with Crippen molar-refractivity contribution in [3.05, 3.63) is 12.2 Å². The Balaban J connectivity index is 0.00000289. The van der Waals surface area contributed by atoms with Crippen molar-refractivity contribution in [2.24, 2.45) is 28.7 Å². The van der Waals surface area contributed by atoms with Crippen LogP contribution in [-0.4, -0.2) is 85.1 Å². The van der Waals surface area contributed by atoms with Gasteiger partial charge in [0.25, 0.3) is 0 Å². The highest BCUT2D eigenvalue weighted by Crippen LogP contribution is 2.52. The predicted molar refractivity (Wildman–Crippen MR) is 135 cm³/mol. The first-order valence-corrected chi connectivity index (χ1v) is 11.6. The Morgan fingerprint density at radius 2 is 1.66 bits per heavy atom. The van der Waals surface area contributed by atoms with E-state index in [0.717, 1.165) is 26.1 Å². The third-order valence-corrected chi connectivity index (χ3v) is 7.38. The van der Waals surface area contributed by atoms with Gasteiger partial charge >= 0.3 is 0 Å². The summed E-state index contributed by atoms with van der Waals surface area (Å²) in [5.74, 6) is 0.960. The van der Waals surface area contributed by atoms with Gasteiger partial charge in [-0.2, -0.15) is 0 Å². The normalized spacial score (nSPS) is 34.7. The van der Waals surface area contributed by atoms with E-state index in [-0.39, 0.29) is 77.2 Å². The Kier molecular flexibility index (Phi) is 7.92. The van der Waals surface area contributed by atoms with Crippen molar-refractivity contribution in [2.45, 2.75) is 51.9 Å². The molecule has 9 heteroatoms. The molecule has 0 radical (unpaired) electrons. The second-order valence-corrected chi connectivity index (χ2v) is 10.2. The van der Waals surface area contributed by atoms with Crippen molar-refractivity contribution in [3.63, 3.8) is 0 Å². The minimum Gasteiger partial charge on any atom is -0.373 e. The van der Waals surface area contributed by atoms with Gasteiger partial charge in [-0.1, -0.05) is 12.2 Å². The van der Waals surface area contributed by atoms with Crippen LogP contribution in [0, 0.1) is 23.7 Å². The number of hydrogen-bond donors (Lipinski definition) is 2. The number of carbonyl (C=O) groups is 2. The number of fused-ring (bicyclic) bond motifs is 5. The largest absolute Gasteiger partial charge is 0.373 e. The number of imide groups is 1. The van der Waals surface area contributed by atoms with Crippen LogP contribution in [0.4, 0.5) is 0 Å². The lowest BCUT2D eigenvalue weighted by Crippen LogP contribution is -2.59. The minimum atomic E-state index is -0.126. The third-order valence-electron chi connectivity index (χ3n) is 7.38. The zero-order chi connectivity index (χ0) is 22.3. The maximum atomic E-state index is 12.8. The molecule has 0 aromatic heterocycles. The molecule has 8 nitrogen and oxygen atoms in total. The molecule has 3 fully saturated rings. The number of carbonyl (C=O) groups excluding carboxylic acids is 2. The molecular formula is C23H38IN5O3. The molecule has 0 aromatic rings. The molecule has 1 saturated carbocycles. The van der Waals surface area contributed by atoms with Crippen LogP contribution in [0.5, 0.6) is 0 Å². The van der Waals surface area contributed by atoms with E-state index in [2.05, 4.69) is 60.4 Å². The SMILES string of the molecule is CN=C(NCCN1C(=O)C2C3C=CC(C3)C2C1=O)NCC(C)(C)N1CC(C)OC(C)C1.I. The molecule has 2 amide bonds. The molecule has 2 aliphatic carbocycles. The fourth-order valence-electron chi connectivity index (χ4n) is 5.78. The molecule has 6 unspecified atom stereocenters. The average Bonchev–Trinajstić information content (AvgIpc) is 3.39. The van der Waals surface area contributed by atoms with Gasteiger partial charge in [0.15, 0.2) is 5.96 Å². The quantitative estimate of drug-likeness (QED) is 0.169. The highest BCUT2D eigenvalue weighted by Gasteiger charge is 2.58. The van der Waals surface area contributed by atoms with E-state index in [1.165, 1.54) is 4.90 Å². The standard InChI is InChI=1S/C23H37N5O3.HI/c1-14-11-27(12-15(2)31-14)23(3,4)13-26-22(24-5)25-8-9-28-20(29)18-16-6-7-17(10-16)19(18)21(28)30;/h6-7,14-19H,8-13H2,1-5H3,(H2,24,25,26);1H. The Morgan fingerprint density at radius 3 is 2.19 bits per heavy atom. The van der Waals surface area contributed by atoms with E-state index in [1.54, 1.807) is 7.05 Å². The predicted octanol–water partition coefficient (Wildman–Crippen LogP) is 1.46. The number of allylic oxidation sites excluding steroid dienone is 2. The molecule has 32 heavy (non-hydrogen) atoms. The molecule has 2 N–H and O–H groups in total. The van der Waals surface area contributed by atoms with Crippen LogP contribution < -0.4 is 10.6 Å². The van der Waals surface area contributed by atoms with Crippen molar-refractivity contribution >= 4 is 41.8 Å². The summed E-state index contributed by atoms with van der Waals surface area (Å²) in [5, 5.41) is 6.67. The van der Waals surface area contributed by atoms with Gasteiger partial charge in [-0.25, -0.2) is 0 Å². The fraction of sp³-hybridized carbons (Fsp3) is 0.783. The van der Waals surface area contributed by atoms with Crippen LogP contribution >= 0.6 is 24.0 Å². The first-order chi connectivity index (χ1) is 14.7. The van der Waals surface area contributed by atoms with Gasteiger partial charge in [-0.05, 0) is 46.0 Å². The smallest absolute Gasteiger partial charge is 0.233 e. The second kappa shape index (κ2) is 9.97. The molecule has 0 aromatic carbocycles. The molecule has 4 rings (SSSR count). The first-order valence-electron chi connectivity index (χ1n) is 11.6. The molecule has 4 aliphatic rings. The summed E-state index contributed by atoms with van der Waals surface area (Å²) in [6.07, 6.45) is 5.66. The number of halogens is 1. The van der Waals surface area contributed by atoms with Crippen LogP contribution in [0.3, 0.4) is 0 Å². The van der Waals surface area contributed by atoms with Gasteiger partial charge in [-0.15, -0.1) is 24.0 Å². The zero-order valence-corrected chi connectivity index (χ0v) is 22.2. The number of aliphatic imine (C=N–C) groups is 1. The summed E-state index contributed by atoms with van der Waals surface area (Å²) < 4.78 is 5.86. The Bertz CT molecular complexity index is 746. The Morgan fingerprint density at radius 1 is 1.09 bits per heavy atom. The highest BCUT2D eigenvalue weighted by molar-refractivity contribution is 14.0. The summed E-state index contributed by atoms with van der Waals surface area (Å²) in [7, 11) is 1.74. The van der Waals surface area contributed by atoms with Gasteiger partial charge < -0.3 is 15.4 Å². The lowest BCUT2D eigenvalue weighted by atomic mass is 9.85. The van der Waals surface area contributed by atoms with E-state index < -0.39 is 0 Å². The summed E-state index contributed by atoms with van der Waals surface area (Å²) in [6, 6.07) is 0. The van der Waals surface area contributed by atoms with Gasteiger partial charge in [0.1, 0.15) is 0 Å². The second-order valence-electron chi connectivity index (χ2n) is 10.2. The zero-order valence-electron chi connectivity index (χ0n) is 19.8. The number of nitrogens with one attached hydrogen (secondary N) is 2. The van der Waals surface area contributed by atoms with E-state index in [1.807, 2.05) is 0 Å². The lowest BCUT2D eigenvalue weighted by molar-refractivity contribution is -0.140. The molecular weight excluding hydrogens is 521 g/mol. The molecule has 2 heterocycles. The molecule has 180 valence electrons. The van der Waals surface area contributed by atoms with Crippen LogP contribution in [0.2, 0.25) is 0 Å². The van der Waals surface area contributed by atoms with Crippen LogP contribution in [-0.2, 0) is 14.3 Å². The molecule has 6 atom stereocenters. The summed E-state index contributed by atoms with van der Waals surface area (Å²) >= 11 is 0. The number of nitrogens with zero attached hydrogens (tertiary/aromatic N) is 3. The topological polar surface area (TPSA) is 86.3 Å². The van der Waals surface area contributed by atoms with Gasteiger partial charge in [-0.3, -0.25) is 24.4 Å². The maximum absolute atomic E-state index is 12.8. The van der Waals surface area contributed by atoms with Gasteiger partial charge in [0, 0.05) is 45.3 Å². The third kappa shape index (κ3) is 4.84. The number of rotatable bonds is 6. The molecule has 2 aliphatic heterocycles. The molecule has 0 spiro atoms. The van der Waals surface area contributed by atoms with Gasteiger partial charge in [0.05, 0.1) is 24.0 Å². The van der Waals surface area contributed by atoms with E-state index in [4.69, 9.17) is 4.74 Å².